The minimum absolute atomic E-state index is 0.00321. The number of nitrogens with two attached hydrogens (primary N) is 1. The number of nitrogens with zero attached hydrogens (tertiary/aromatic N) is 1. The van der Waals surface area contributed by atoms with Crippen molar-refractivity contribution in [2.24, 2.45) is 10.7 Å². The molecule has 0 spiro atoms. The van der Waals surface area contributed by atoms with Crippen LogP contribution in [-0.2, 0) is 0 Å². The third kappa shape index (κ3) is 3.49. The molecule has 1 aromatic rings. The molecule has 0 radical (unpaired) electrons. The summed E-state index contributed by atoms with van der Waals surface area (Å²) in [7, 11) is 0. The van der Waals surface area contributed by atoms with E-state index in [4.69, 9.17) is 5.73 Å². The lowest BCUT2D eigenvalue weighted by atomic mass is 10.2. The molecule has 0 atom stereocenters. The second kappa shape index (κ2) is 5.77. The third-order valence-corrected chi connectivity index (χ3v) is 3.07. The van der Waals surface area contributed by atoms with E-state index >= 15 is 0 Å². The molecule has 1 aliphatic rings. The summed E-state index contributed by atoms with van der Waals surface area (Å²) < 4.78 is 25.7. The second-order valence-electron chi connectivity index (χ2n) is 4.54. The molecule has 2 rings (SSSR count). The smallest absolute Gasteiger partial charge is 0.258 e. The van der Waals surface area contributed by atoms with Gasteiger partial charge in [0.25, 0.3) is 5.91 Å². The molecule has 0 aromatic heterocycles. The summed E-state index contributed by atoms with van der Waals surface area (Å²) in [4.78, 5) is 15.9. The Morgan fingerprint density at radius 1 is 1.26 bits per heavy atom. The van der Waals surface area contributed by atoms with Gasteiger partial charge in [0.2, 0.25) is 0 Å². The standard InChI is InChI=1S/C13H15F2N3O/c14-10-6-5-8(7-11(10)15)12(19)18-13(16)17-9-3-1-2-4-9/h5-7,9H,1-4H2,(H3,16,17,18,19). The van der Waals surface area contributed by atoms with Gasteiger partial charge in [-0.05, 0) is 31.0 Å². The first-order valence-electron chi connectivity index (χ1n) is 6.16. The lowest BCUT2D eigenvalue weighted by Gasteiger charge is -2.07. The van der Waals surface area contributed by atoms with Gasteiger partial charge in [-0.2, -0.15) is 0 Å². The normalized spacial score (nSPS) is 16.6. The molecule has 1 saturated carbocycles. The topological polar surface area (TPSA) is 67.5 Å². The van der Waals surface area contributed by atoms with E-state index in [1.807, 2.05) is 0 Å². The van der Waals surface area contributed by atoms with E-state index in [-0.39, 0.29) is 17.6 Å². The van der Waals surface area contributed by atoms with Gasteiger partial charge in [0.1, 0.15) is 0 Å². The zero-order valence-electron chi connectivity index (χ0n) is 10.3. The van der Waals surface area contributed by atoms with Crippen molar-refractivity contribution < 1.29 is 13.6 Å². The fourth-order valence-electron chi connectivity index (χ4n) is 2.09. The third-order valence-electron chi connectivity index (χ3n) is 3.07. The van der Waals surface area contributed by atoms with Gasteiger partial charge < -0.3 is 5.73 Å². The summed E-state index contributed by atoms with van der Waals surface area (Å²) in [5, 5.41) is 2.37. The quantitative estimate of drug-likeness (QED) is 0.635. The van der Waals surface area contributed by atoms with Crippen LogP contribution in [-0.4, -0.2) is 17.9 Å². The number of rotatable bonds is 2. The van der Waals surface area contributed by atoms with Crippen molar-refractivity contribution in [3.8, 4) is 0 Å². The van der Waals surface area contributed by atoms with Gasteiger partial charge in [0.05, 0.1) is 6.04 Å². The van der Waals surface area contributed by atoms with Crippen LogP contribution in [0.1, 0.15) is 36.0 Å². The highest BCUT2D eigenvalue weighted by molar-refractivity contribution is 6.05. The molecular formula is C13H15F2N3O. The number of benzene rings is 1. The molecule has 0 aliphatic heterocycles. The number of hydrogen-bond acceptors (Lipinski definition) is 2. The molecular weight excluding hydrogens is 252 g/mol. The molecule has 1 fully saturated rings. The predicted molar refractivity (Wildman–Crippen MR) is 67.7 cm³/mol. The van der Waals surface area contributed by atoms with E-state index in [0.29, 0.717) is 0 Å². The van der Waals surface area contributed by atoms with E-state index in [2.05, 4.69) is 10.3 Å². The van der Waals surface area contributed by atoms with Gasteiger partial charge in [-0.3, -0.25) is 10.1 Å². The van der Waals surface area contributed by atoms with E-state index in [1.54, 1.807) is 0 Å². The Labute approximate surface area is 109 Å². The summed E-state index contributed by atoms with van der Waals surface area (Å²) in [6.45, 7) is 0. The van der Waals surface area contributed by atoms with Crippen LogP contribution in [0, 0.1) is 11.6 Å². The van der Waals surface area contributed by atoms with Crippen LogP contribution in [0.3, 0.4) is 0 Å². The van der Waals surface area contributed by atoms with Crippen LogP contribution in [0.5, 0.6) is 0 Å². The van der Waals surface area contributed by atoms with Crippen LogP contribution in [0.25, 0.3) is 0 Å². The number of carbonyl (C=O) groups excluding carboxylic acids is 1. The Morgan fingerprint density at radius 2 is 1.95 bits per heavy atom. The first-order valence-corrected chi connectivity index (χ1v) is 6.16. The van der Waals surface area contributed by atoms with Crippen LogP contribution in [0.15, 0.2) is 23.2 Å². The summed E-state index contributed by atoms with van der Waals surface area (Å²) in [6, 6.07) is 3.06. The van der Waals surface area contributed by atoms with Gasteiger partial charge in [-0.15, -0.1) is 0 Å². The molecule has 0 saturated heterocycles. The monoisotopic (exact) mass is 267 g/mol. The maximum Gasteiger partial charge on any atom is 0.258 e. The molecule has 0 heterocycles. The maximum atomic E-state index is 13.0. The van der Waals surface area contributed by atoms with Crippen molar-refractivity contribution in [1.29, 1.82) is 0 Å². The highest BCUT2D eigenvalue weighted by atomic mass is 19.2. The van der Waals surface area contributed by atoms with E-state index < -0.39 is 17.5 Å². The Kier molecular flexibility index (Phi) is 4.09. The van der Waals surface area contributed by atoms with Crippen molar-refractivity contribution in [2.45, 2.75) is 31.7 Å². The molecule has 19 heavy (non-hydrogen) atoms. The van der Waals surface area contributed by atoms with Crippen molar-refractivity contribution in [1.82, 2.24) is 5.32 Å². The number of hydrogen-bond donors (Lipinski definition) is 2. The number of nitrogens with one attached hydrogen (secondary N) is 1. The Hall–Kier alpha value is -1.98. The SMILES string of the molecule is NC(=NC1CCCC1)NC(=O)c1ccc(F)c(F)c1. The zero-order chi connectivity index (χ0) is 13.8. The van der Waals surface area contributed by atoms with Gasteiger partial charge >= 0.3 is 0 Å². The largest absolute Gasteiger partial charge is 0.370 e. The van der Waals surface area contributed by atoms with Crippen molar-refractivity contribution in [3.05, 3.63) is 35.4 Å². The number of aliphatic imine (C=N–C) groups is 1. The number of halogens is 2. The van der Waals surface area contributed by atoms with Gasteiger partial charge in [-0.1, -0.05) is 12.8 Å². The lowest BCUT2D eigenvalue weighted by molar-refractivity contribution is 0.0976. The summed E-state index contributed by atoms with van der Waals surface area (Å²) in [5.41, 5.74) is 5.61. The molecule has 6 heteroatoms. The average molecular weight is 267 g/mol. The predicted octanol–water partition coefficient (Wildman–Crippen LogP) is 1.95. The molecule has 0 unspecified atom stereocenters. The zero-order valence-corrected chi connectivity index (χ0v) is 10.3. The van der Waals surface area contributed by atoms with E-state index in [9.17, 15) is 13.6 Å². The first kappa shape index (κ1) is 13.5. The van der Waals surface area contributed by atoms with Gasteiger partial charge in [0, 0.05) is 5.56 Å². The lowest BCUT2D eigenvalue weighted by Crippen LogP contribution is -2.37. The molecule has 1 aromatic carbocycles. The highest BCUT2D eigenvalue weighted by Gasteiger charge is 2.15. The van der Waals surface area contributed by atoms with Crippen LogP contribution >= 0.6 is 0 Å². The average Bonchev–Trinajstić information content (AvgIpc) is 2.85. The number of guanidine groups is 1. The van der Waals surface area contributed by atoms with E-state index in [0.717, 1.165) is 37.8 Å². The minimum atomic E-state index is -1.07. The molecule has 3 N–H and O–H groups in total. The Balaban J connectivity index is 2.01. The maximum absolute atomic E-state index is 13.0. The molecule has 102 valence electrons. The van der Waals surface area contributed by atoms with Gasteiger partial charge in [-0.25, -0.2) is 13.8 Å². The highest BCUT2D eigenvalue weighted by Crippen LogP contribution is 2.20. The van der Waals surface area contributed by atoms with Crippen molar-refractivity contribution in [2.75, 3.05) is 0 Å². The minimum Gasteiger partial charge on any atom is -0.370 e. The fraction of sp³-hybridized carbons (Fsp3) is 0.385. The second-order valence-corrected chi connectivity index (χ2v) is 4.54. The van der Waals surface area contributed by atoms with E-state index in [1.165, 1.54) is 6.07 Å². The number of amides is 1. The summed E-state index contributed by atoms with van der Waals surface area (Å²) in [6.07, 6.45) is 4.14. The molecule has 1 amide bonds. The first-order chi connectivity index (χ1) is 9.06. The van der Waals surface area contributed by atoms with Crippen LogP contribution < -0.4 is 11.1 Å². The Bertz CT molecular complexity index is 511. The van der Waals surface area contributed by atoms with Crippen molar-refractivity contribution in [3.63, 3.8) is 0 Å². The molecule has 0 bridgehead atoms. The fourth-order valence-corrected chi connectivity index (χ4v) is 2.09. The molecule has 1 aliphatic carbocycles. The Morgan fingerprint density at radius 3 is 2.58 bits per heavy atom. The van der Waals surface area contributed by atoms with Gasteiger partial charge in [0.15, 0.2) is 17.6 Å². The summed E-state index contributed by atoms with van der Waals surface area (Å²) >= 11 is 0. The molecule has 4 nitrogen and oxygen atoms in total. The van der Waals surface area contributed by atoms with Crippen LogP contribution in [0.2, 0.25) is 0 Å². The summed E-state index contributed by atoms with van der Waals surface area (Å²) in [5.74, 6) is -2.65. The van der Waals surface area contributed by atoms with Crippen molar-refractivity contribution >= 4 is 11.9 Å². The van der Waals surface area contributed by atoms with Crippen LogP contribution in [0.4, 0.5) is 8.78 Å². The number of carbonyl (C=O) groups is 1.